The number of ether oxygens (including phenoxy) is 1. The standard InChI is InChI=1S/C16H21N5O2S/c1-11-4-6-12(7-5-11)15-19-20-16(24-10-14(22)18-17)21(15)9-13-3-2-8-23-13/h4-7,13H,2-3,8-10,17H2,1H3,(H,18,22). The van der Waals surface area contributed by atoms with Gasteiger partial charge in [0.25, 0.3) is 0 Å². The van der Waals surface area contributed by atoms with Gasteiger partial charge in [-0.05, 0) is 19.8 Å². The third kappa shape index (κ3) is 3.95. The number of hydrogen-bond donors (Lipinski definition) is 2. The molecule has 0 spiro atoms. The monoisotopic (exact) mass is 347 g/mol. The number of aromatic nitrogens is 3. The largest absolute Gasteiger partial charge is 0.376 e. The number of nitrogens with one attached hydrogen (secondary N) is 1. The van der Waals surface area contributed by atoms with Gasteiger partial charge < -0.3 is 4.74 Å². The fourth-order valence-electron chi connectivity index (χ4n) is 2.64. The van der Waals surface area contributed by atoms with Gasteiger partial charge in [-0.25, -0.2) is 5.84 Å². The van der Waals surface area contributed by atoms with Crippen LogP contribution in [0.5, 0.6) is 0 Å². The van der Waals surface area contributed by atoms with Crippen molar-refractivity contribution in [3.05, 3.63) is 29.8 Å². The average Bonchev–Trinajstić information content (AvgIpc) is 3.24. The van der Waals surface area contributed by atoms with E-state index < -0.39 is 0 Å². The van der Waals surface area contributed by atoms with Crippen LogP contribution >= 0.6 is 11.8 Å². The second kappa shape index (κ2) is 7.78. The van der Waals surface area contributed by atoms with Crippen LogP contribution in [-0.2, 0) is 16.1 Å². The lowest BCUT2D eigenvalue weighted by Crippen LogP contribution is -2.31. The van der Waals surface area contributed by atoms with Crippen LogP contribution in [-0.4, -0.2) is 39.1 Å². The number of carbonyl (C=O) groups is 1. The van der Waals surface area contributed by atoms with E-state index in [2.05, 4.69) is 27.8 Å². The summed E-state index contributed by atoms with van der Waals surface area (Å²) in [4.78, 5) is 11.4. The van der Waals surface area contributed by atoms with Crippen molar-refractivity contribution in [1.82, 2.24) is 20.2 Å². The molecule has 3 rings (SSSR count). The molecular formula is C16H21N5O2S. The molecule has 1 atom stereocenters. The van der Waals surface area contributed by atoms with Gasteiger partial charge in [0.05, 0.1) is 18.4 Å². The van der Waals surface area contributed by atoms with E-state index in [-0.39, 0.29) is 17.8 Å². The van der Waals surface area contributed by atoms with E-state index >= 15 is 0 Å². The SMILES string of the molecule is Cc1ccc(-c2nnc(SCC(=O)NN)n2CC2CCCO2)cc1. The molecule has 1 unspecified atom stereocenters. The van der Waals surface area contributed by atoms with Gasteiger partial charge in [0.1, 0.15) is 0 Å². The fraction of sp³-hybridized carbons (Fsp3) is 0.438. The van der Waals surface area contributed by atoms with E-state index in [1.54, 1.807) is 0 Å². The molecule has 1 aliphatic rings. The van der Waals surface area contributed by atoms with Crippen molar-refractivity contribution in [3.8, 4) is 11.4 Å². The highest BCUT2D eigenvalue weighted by Gasteiger charge is 2.22. The summed E-state index contributed by atoms with van der Waals surface area (Å²) in [6.07, 6.45) is 2.26. The van der Waals surface area contributed by atoms with E-state index in [0.29, 0.717) is 11.7 Å². The summed E-state index contributed by atoms with van der Waals surface area (Å²) in [5, 5.41) is 9.30. The van der Waals surface area contributed by atoms with E-state index in [1.165, 1.54) is 17.3 Å². The number of hydrazine groups is 1. The Morgan fingerprint density at radius 2 is 2.21 bits per heavy atom. The molecule has 1 aromatic heterocycles. The number of nitrogens with two attached hydrogens (primary N) is 1. The molecule has 2 heterocycles. The van der Waals surface area contributed by atoms with Gasteiger partial charge in [0.15, 0.2) is 11.0 Å². The Hall–Kier alpha value is -1.90. The Kier molecular flexibility index (Phi) is 5.49. The highest BCUT2D eigenvalue weighted by molar-refractivity contribution is 7.99. The maximum Gasteiger partial charge on any atom is 0.244 e. The van der Waals surface area contributed by atoms with E-state index in [9.17, 15) is 4.79 Å². The first-order chi connectivity index (χ1) is 11.7. The molecule has 0 saturated carbocycles. The molecule has 2 aromatic rings. The first-order valence-electron chi connectivity index (χ1n) is 7.91. The third-order valence-electron chi connectivity index (χ3n) is 3.93. The van der Waals surface area contributed by atoms with Crippen LogP contribution in [0.4, 0.5) is 0 Å². The molecule has 8 heteroatoms. The number of amides is 1. The molecule has 3 N–H and O–H groups in total. The maximum atomic E-state index is 11.4. The van der Waals surface area contributed by atoms with Crippen LogP contribution in [0.1, 0.15) is 18.4 Å². The summed E-state index contributed by atoms with van der Waals surface area (Å²) in [7, 11) is 0. The molecule has 1 aliphatic heterocycles. The first kappa shape index (κ1) is 16.9. The van der Waals surface area contributed by atoms with E-state index in [4.69, 9.17) is 10.6 Å². The maximum absolute atomic E-state index is 11.4. The lowest BCUT2D eigenvalue weighted by atomic mass is 10.1. The number of hydrogen-bond acceptors (Lipinski definition) is 6. The molecule has 1 amide bonds. The molecular weight excluding hydrogens is 326 g/mol. The van der Waals surface area contributed by atoms with E-state index in [0.717, 1.165) is 30.8 Å². The quantitative estimate of drug-likeness (QED) is 0.356. The van der Waals surface area contributed by atoms with Gasteiger partial charge in [-0.2, -0.15) is 0 Å². The van der Waals surface area contributed by atoms with Gasteiger partial charge in [-0.3, -0.25) is 14.8 Å². The lowest BCUT2D eigenvalue weighted by molar-refractivity contribution is -0.118. The summed E-state index contributed by atoms with van der Waals surface area (Å²) in [6, 6.07) is 8.17. The number of aryl methyl sites for hydroxylation is 1. The van der Waals surface area contributed by atoms with Gasteiger partial charge in [0.2, 0.25) is 5.91 Å². The molecule has 7 nitrogen and oxygen atoms in total. The van der Waals surface area contributed by atoms with Gasteiger partial charge in [0, 0.05) is 12.2 Å². The van der Waals surface area contributed by atoms with Crippen molar-refractivity contribution in [2.24, 2.45) is 5.84 Å². The van der Waals surface area contributed by atoms with Gasteiger partial charge in [-0.1, -0.05) is 41.6 Å². The predicted molar refractivity (Wildman–Crippen MR) is 92.2 cm³/mol. The second-order valence-corrected chi connectivity index (χ2v) is 6.72. The van der Waals surface area contributed by atoms with Crippen LogP contribution in [0.15, 0.2) is 29.4 Å². The predicted octanol–water partition coefficient (Wildman–Crippen LogP) is 1.51. The Balaban J connectivity index is 1.87. The molecule has 24 heavy (non-hydrogen) atoms. The van der Waals surface area contributed by atoms with Crippen LogP contribution in [0, 0.1) is 6.92 Å². The lowest BCUT2D eigenvalue weighted by Gasteiger charge is -2.14. The summed E-state index contributed by atoms with van der Waals surface area (Å²) in [6.45, 7) is 3.53. The summed E-state index contributed by atoms with van der Waals surface area (Å²) >= 11 is 1.32. The smallest absolute Gasteiger partial charge is 0.244 e. The molecule has 1 saturated heterocycles. The minimum atomic E-state index is -0.247. The first-order valence-corrected chi connectivity index (χ1v) is 8.90. The average molecular weight is 347 g/mol. The van der Waals surface area contributed by atoms with Crippen LogP contribution in [0.3, 0.4) is 0 Å². The summed E-state index contributed by atoms with van der Waals surface area (Å²) < 4.78 is 7.79. The summed E-state index contributed by atoms with van der Waals surface area (Å²) in [5.41, 5.74) is 4.32. The fourth-order valence-corrected chi connectivity index (χ4v) is 3.40. The van der Waals surface area contributed by atoms with Crippen molar-refractivity contribution >= 4 is 17.7 Å². The zero-order valence-corrected chi connectivity index (χ0v) is 14.4. The van der Waals surface area contributed by atoms with E-state index in [1.807, 2.05) is 23.6 Å². The second-order valence-electron chi connectivity index (χ2n) is 5.77. The van der Waals surface area contributed by atoms with Crippen LogP contribution in [0.25, 0.3) is 11.4 Å². The number of nitrogens with zero attached hydrogens (tertiary/aromatic N) is 3. The van der Waals surface area contributed by atoms with Crippen molar-refractivity contribution in [2.45, 2.75) is 37.6 Å². The van der Waals surface area contributed by atoms with Crippen LogP contribution in [0.2, 0.25) is 0 Å². The molecule has 1 aromatic carbocycles. The number of rotatable bonds is 6. The normalized spacial score (nSPS) is 17.2. The number of carbonyl (C=O) groups excluding carboxylic acids is 1. The van der Waals surface area contributed by atoms with Crippen LogP contribution < -0.4 is 11.3 Å². The van der Waals surface area contributed by atoms with Gasteiger partial charge >= 0.3 is 0 Å². The Morgan fingerprint density at radius 3 is 2.88 bits per heavy atom. The van der Waals surface area contributed by atoms with Crippen molar-refractivity contribution < 1.29 is 9.53 Å². The highest BCUT2D eigenvalue weighted by Crippen LogP contribution is 2.26. The van der Waals surface area contributed by atoms with Crippen molar-refractivity contribution in [2.75, 3.05) is 12.4 Å². The Bertz CT molecular complexity index is 695. The zero-order valence-electron chi connectivity index (χ0n) is 13.6. The zero-order chi connectivity index (χ0) is 16.9. The topological polar surface area (TPSA) is 95.1 Å². The Labute approximate surface area is 144 Å². The molecule has 0 radical (unpaired) electrons. The summed E-state index contributed by atoms with van der Waals surface area (Å²) in [5.74, 6) is 5.89. The Morgan fingerprint density at radius 1 is 1.42 bits per heavy atom. The third-order valence-corrected chi connectivity index (χ3v) is 4.90. The number of benzene rings is 1. The van der Waals surface area contributed by atoms with Crippen molar-refractivity contribution in [3.63, 3.8) is 0 Å². The molecule has 1 fully saturated rings. The minimum Gasteiger partial charge on any atom is -0.376 e. The molecule has 128 valence electrons. The minimum absolute atomic E-state index is 0.160. The molecule has 0 aliphatic carbocycles. The molecule has 0 bridgehead atoms. The number of thioether (sulfide) groups is 1. The van der Waals surface area contributed by atoms with Gasteiger partial charge in [-0.15, -0.1) is 10.2 Å². The van der Waals surface area contributed by atoms with Crippen molar-refractivity contribution in [1.29, 1.82) is 0 Å². The highest BCUT2D eigenvalue weighted by atomic mass is 32.2.